The van der Waals surface area contributed by atoms with Crippen LogP contribution < -0.4 is 5.73 Å². The number of hydrogen-bond acceptors (Lipinski definition) is 4. The molecule has 0 radical (unpaired) electrons. The normalized spacial score (nSPS) is 13.1. The molecule has 1 aromatic carbocycles. The van der Waals surface area contributed by atoms with Gasteiger partial charge in [0.05, 0.1) is 6.10 Å². The molecular weight excluding hydrogens is 194 g/mol. The van der Waals surface area contributed by atoms with Crippen molar-refractivity contribution in [2.75, 3.05) is 6.54 Å². The number of aliphatic hydroxyl groups is 1. The van der Waals surface area contributed by atoms with E-state index in [4.69, 9.17) is 5.73 Å². The highest BCUT2D eigenvalue weighted by atomic mass is 16.3. The van der Waals surface area contributed by atoms with Gasteiger partial charge in [-0.05, 0) is 17.5 Å². The molecule has 0 aliphatic carbocycles. The molecule has 0 amide bonds. The summed E-state index contributed by atoms with van der Waals surface area (Å²) >= 11 is 0. The van der Waals surface area contributed by atoms with Gasteiger partial charge in [-0.25, -0.2) is 0 Å². The minimum absolute atomic E-state index is 0.00769. The van der Waals surface area contributed by atoms with Crippen molar-refractivity contribution >= 4 is 0 Å². The highest BCUT2D eigenvalue weighted by Crippen LogP contribution is 2.38. The summed E-state index contributed by atoms with van der Waals surface area (Å²) in [6, 6.07) is 2.94. The Morgan fingerprint density at radius 3 is 2.33 bits per heavy atom. The lowest BCUT2D eigenvalue weighted by molar-refractivity contribution is 0.184. The van der Waals surface area contributed by atoms with Crippen LogP contribution in [0, 0.1) is 0 Å². The predicted molar refractivity (Wildman–Crippen MR) is 57.9 cm³/mol. The zero-order valence-corrected chi connectivity index (χ0v) is 8.94. The third kappa shape index (κ3) is 2.22. The molecule has 0 spiro atoms. The molecule has 0 aromatic heterocycles. The van der Waals surface area contributed by atoms with Gasteiger partial charge in [0.15, 0.2) is 11.5 Å². The third-order valence-corrected chi connectivity index (χ3v) is 2.39. The number of nitrogens with two attached hydrogens (primary N) is 1. The largest absolute Gasteiger partial charge is 0.504 e. The monoisotopic (exact) mass is 211 g/mol. The number of phenols is 2. The van der Waals surface area contributed by atoms with Crippen LogP contribution in [0.1, 0.15) is 37.0 Å². The molecule has 0 saturated heterocycles. The van der Waals surface area contributed by atoms with Crippen LogP contribution in [-0.2, 0) is 0 Å². The smallest absolute Gasteiger partial charge is 0.161 e. The molecule has 5 N–H and O–H groups in total. The van der Waals surface area contributed by atoms with E-state index in [0.29, 0.717) is 11.1 Å². The number of aromatic hydroxyl groups is 2. The van der Waals surface area contributed by atoms with Gasteiger partial charge in [0.25, 0.3) is 0 Å². The molecule has 4 nitrogen and oxygen atoms in total. The minimum atomic E-state index is -0.811. The first-order valence-corrected chi connectivity index (χ1v) is 4.91. The van der Waals surface area contributed by atoms with E-state index in [1.54, 1.807) is 6.07 Å². The maximum absolute atomic E-state index is 9.69. The number of phenolic OH excluding ortho intramolecular Hbond substituents is 2. The van der Waals surface area contributed by atoms with E-state index in [1.807, 2.05) is 13.8 Å². The summed E-state index contributed by atoms with van der Waals surface area (Å²) < 4.78 is 0. The maximum Gasteiger partial charge on any atom is 0.161 e. The fraction of sp³-hybridized carbons (Fsp3) is 0.455. The fourth-order valence-electron chi connectivity index (χ4n) is 1.64. The van der Waals surface area contributed by atoms with Crippen molar-refractivity contribution in [3.63, 3.8) is 0 Å². The van der Waals surface area contributed by atoms with E-state index in [9.17, 15) is 15.3 Å². The molecule has 0 saturated carbocycles. The van der Waals surface area contributed by atoms with E-state index < -0.39 is 6.10 Å². The maximum atomic E-state index is 9.69. The lowest BCUT2D eigenvalue weighted by Gasteiger charge is -2.18. The topological polar surface area (TPSA) is 86.7 Å². The van der Waals surface area contributed by atoms with Gasteiger partial charge in [-0.15, -0.1) is 0 Å². The van der Waals surface area contributed by atoms with Crippen molar-refractivity contribution in [3.05, 3.63) is 23.3 Å². The average molecular weight is 211 g/mol. The van der Waals surface area contributed by atoms with Gasteiger partial charge in [-0.2, -0.15) is 0 Å². The fourth-order valence-corrected chi connectivity index (χ4v) is 1.64. The Morgan fingerprint density at radius 2 is 1.87 bits per heavy atom. The zero-order chi connectivity index (χ0) is 11.6. The first-order valence-electron chi connectivity index (χ1n) is 4.91. The number of rotatable bonds is 3. The van der Waals surface area contributed by atoms with Gasteiger partial charge in [-0.3, -0.25) is 0 Å². The van der Waals surface area contributed by atoms with Crippen LogP contribution in [0.2, 0.25) is 0 Å². The van der Waals surface area contributed by atoms with Crippen molar-refractivity contribution in [1.29, 1.82) is 0 Å². The molecule has 0 aliphatic rings. The summed E-state index contributed by atoms with van der Waals surface area (Å²) in [5, 5.41) is 28.7. The molecule has 1 atom stereocenters. The SMILES string of the molecule is CC(C)c1c([C@H](O)CN)ccc(O)c1O. The lowest BCUT2D eigenvalue weighted by Crippen LogP contribution is -2.14. The van der Waals surface area contributed by atoms with Crippen LogP contribution in [0.25, 0.3) is 0 Å². The molecule has 4 heteroatoms. The van der Waals surface area contributed by atoms with E-state index in [2.05, 4.69) is 0 Å². The second kappa shape index (κ2) is 4.51. The predicted octanol–water partition coefficient (Wildman–Crippen LogP) is 1.21. The lowest BCUT2D eigenvalue weighted by atomic mass is 9.92. The Hall–Kier alpha value is -1.26. The Balaban J connectivity index is 3.33. The Morgan fingerprint density at radius 1 is 1.27 bits per heavy atom. The van der Waals surface area contributed by atoms with Gasteiger partial charge < -0.3 is 21.1 Å². The van der Waals surface area contributed by atoms with Crippen LogP contribution in [0.4, 0.5) is 0 Å². The molecule has 0 unspecified atom stereocenters. The van der Waals surface area contributed by atoms with Crippen LogP contribution >= 0.6 is 0 Å². The quantitative estimate of drug-likeness (QED) is 0.566. The highest BCUT2D eigenvalue weighted by molar-refractivity contribution is 5.51. The van der Waals surface area contributed by atoms with Crippen molar-refractivity contribution < 1.29 is 15.3 Å². The summed E-state index contributed by atoms with van der Waals surface area (Å²) in [5.74, 6) is -0.338. The Kier molecular flexibility index (Phi) is 3.55. The van der Waals surface area contributed by atoms with Crippen molar-refractivity contribution in [1.82, 2.24) is 0 Å². The molecule has 1 aromatic rings. The molecule has 15 heavy (non-hydrogen) atoms. The first kappa shape index (κ1) is 11.8. The zero-order valence-electron chi connectivity index (χ0n) is 8.94. The van der Waals surface area contributed by atoms with Gasteiger partial charge in [0.2, 0.25) is 0 Å². The van der Waals surface area contributed by atoms with E-state index in [0.717, 1.165) is 0 Å². The third-order valence-electron chi connectivity index (χ3n) is 2.39. The van der Waals surface area contributed by atoms with Crippen LogP contribution in [0.15, 0.2) is 12.1 Å². The van der Waals surface area contributed by atoms with E-state index >= 15 is 0 Å². The van der Waals surface area contributed by atoms with Crippen LogP contribution in [0.5, 0.6) is 11.5 Å². The molecule has 0 bridgehead atoms. The summed E-state index contributed by atoms with van der Waals surface area (Å²) in [6.07, 6.45) is -0.811. The van der Waals surface area contributed by atoms with Gasteiger partial charge >= 0.3 is 0 Å². The molecule has 1 rings (SSSR count). The summed E-state index contributed by atoms with van der Waals surface area (Å²) in [4.78, 5) is 0. The number of hydrogen-bond donors (Lipinski definition) is 4. The second-order valence-corrected chi connectivity index (χ2v) is 3.84. The molecule has 0 aliphatic heterocycles. The summed E-state index contributed by atoms with van der Waals surface area (Å²) in [6.45, 7) is 3.84. The van der Waals surface area contributed by atoms with Crippen LogP contribution in [0.3, 0.4) is 0 Å². The summed E-state index contributed by atoms with van der Waals surface area (Å²) in [7, 11) is 0. The van der Waals surface area contributed by atoms with Gasteiger partial charge in [0.1, 0.15) is 0 Å². The van der Waals surface area contributed by atoms with E-state index in [-0.39, 0.29) is 24.0 Å². The standard InChI is InChI=1S/C11H17NO3/c1-6(2)10-7(9(14)5-12)3-4-8(13)11(10)15/h3-4,6,9,13-15H,5,12H2,1-2H3/t9-/m1/s1. The van der Waals surface area contributed by atoms with E-state index in [1.165, 1.54) is 6.07 Å². The van der Waals surface area contributed by atoms with Gasteiger partial charge in [0, 0.05) is 12.1 Å². The van der Waals surface area contributed by atoms with Crippen molar-refractivity contribution in [2.45, 2.75) is 25.9 Å². The van der Waals surface area contributed by atoms with Crippen molar-refractivity contribution in [3.8, 4) is 11.5 Å². The first-order chi connectivity index (χ1) is 6.99. The second-order valence-electron chi connectivity index (χ2n) is 3.84. The summed E-state index contributed by atoms with van der Waals surface area (Å²) in [5.41, 5.74) is 6.49. The molecular formula is C11H17NO3. The Bertz CT molecular complexity index is 350. The van der Waals surface area contributed by atoms with Crippen LogP contribution in [-0.4, -0.2) is 21.9 Å². The van der Waals surface area contributed by atoms with Gasteiger partial charge in [-0.1, -0.05) is 19.9 Å². The number of aliphatic hydroxyl groups excluding tert-OH is 1. The highest BCUT2D eigenvalue weighted by Gasteiger charge is 2.19. The molecule has 0 fully saturated rings. The number of benzene rings is 1. The average Bonchev–Trinajstić information content (AvgIpc) is 2.20. The Labute approximate surface area is 89.0 Å². The molecule has 0 heterocycles. The molecule has 84 valence electrons. The minimum Gasteiger partial charge on any atom is -0.504 e. The van der Waals surface area contributed by atoms with Crippen molar-refractivity contribution in [2.24, 2.45) is 5.73 Å².